The Bertz CT molecular complexity index is 393. The van der Waals surface area contributed by atoms with E-state index in [2.05, 4.69) is 10.3 Å². The molecule has 19 heavy (non-hydrogen) atoms. The number of hydrogen-bond acceptors (Lipinski definition) is 5. The number of likely N-dealkylation sites (N-methyl/N-ethyl adjacent to an activating group) is 1. The van der Waals surface area contributed by atoms with Crippen LogP contribution < -0.4 is 10.2 Å². The van der Waals surface area contributed by atoms with Crippen molar-refractivity contribution >= 4 is 11.7 Å². The molecule has 1 rings (SSSR count). The van der Waals surface area contributed by atoms with Crippen LogP contribution in [0.15, 0.2) is 18.3 Å². The first-order chi connectivity index (χ1) is 9.04. The van der Waals surface area contributed by atoms with E-state index >= 15 is 0 Å². The normalized spacial score (nSPS) is 12.0. The molecule has 0 aliphatic rings. The van der Waals surface area contributed by atoms with Gasteiger partial charge in [0.05, 0.1) is 19.3 Å². The summed E-state index contributed by atoms with van der Waals surface area (Å²) in [6, 6.07) is 3.58. The summed E-state index contributed by atoms with van der Waals surface area (Å²) in [5.41, 5.74) is 0.752. The lowest BCUT2D eigenvalue weighted by Crippen LogP contribution is -2.36. The van der Waals surface area contributed by atoms with Crippen LogP contribution in [0.3, 0.4) is 0 Å². The number of aromatic nitrogens is 1. The lowest BCUT2D eigenvalue weighted by molar-refractivity contribution is -0.119. The zero-order valence-corrected chi connectivity index (χ0v) is 11.6. The van der Waals surface area contributed by atoms with Crippen LogP contribution in [-0.4, -0.2) is 49.9 Å². The maximum absolute atomic E-state index is 11.6. The lowest BCUT2D eigenvalue weighted by atomic mass is 10.2. The fraction of sp³-hybridized carbons (Fsp3) is 0.538. The van der Waals surface area contributed by atoms with Crippen LogP contribution in [0.1, 0.15) is 18.6 Å². The van der Waals surface area contributed by atoms with Crippen molar-refractivity contribution in [3.05, 3.63) is 23.9 Å². The van der Waals surface area contributed by atoms with Crippen molar-refractivity contribution in [2.75, 3.05) is 38.8 Å². The average molecular weight is 267 g/mol. The van der Waals surface area contributed by atoms with Gasteiger partial charge in [-0.05, 0) is 18.6 Å². The summed E-state index contributed by atoms with van der Waals surface area (Å²) in [4.78, 5) is 17.6. The molecule has 0 saturated heterocycles. The number of rotatable bonds is 7. The molecule has 6 nitrogen and oxygen atoms in total. The Hall–Kier alpha value is -1.66. The van der Waals surface area contributed by atoms with Gasteiger partial charge in [0.25, 0.3) is 0 Å². The number of aliphatic hydroxyl groups is 1. The molecule has 1 heterocycles. The van der Waals surface area contributed by atoms with E-state index in [1.807, 2.05) is 0 Å². The molecule has 6 heteroatoms. The third-order valence-electron chi connectivity index (χ3n) is 2.65. The standard InChI is InChI=1S/C13H21N3O3/c1-10(17)11-4-5-12(15-8-11)16(2)9-13(18)14-6-7-19-3/h4-5,8,10,17H,6-7,9H2,1-3H3,(H,14,18). The Kier molecular flexibility index (Phi) is 6.24. The van der Waals surface area contributed by atoms with Gasteiger partial charge in [0, 0.05) is 26.9 Å². The number of nitrogens with zero attached hydrogens (tertiary/aromatic N) is 2. The molecule has 0 aliphatic heterocycles. The van der Waals surface area contributed by atoms with Gasteiger partial charge in [-0.2, -0.15) is 0 Å². The molecule has 1 amide bonds. The molecule has 1 unspecified atom stereocenters. The summed E-state index contributed by atoms with van der Waals surface area (Å²) >= 11 is 0. The van der Waals surface area contributed by atoms with Crippen molar-refractivity contribution in [1.82, 2.24) is 10.3 Å². The molecule has 0 fully saturated rings. The average Bonchev–Trinajstić information content (AvgIpc) is 2.39. The zero-order valence-electron chi connectivity index (χ0n) is 11.6. The molecule has 106 valence electrons. The number of aliphatic hydroxyl groups excluding tert-OH is 1. The first-order valence-electron chi connectivity index (χ1n) is 6.15. The number of methoxy groups -OCH3 is 1. The van der Waals surface area contributed by atoms with Gasteiger partial charge in [-0.1, -0.05) is 6.07 Å². The van der Waals surface area contributed by atoms with Crippen LogP contribution in [0.4, 0.5) is 5.82 Å². The first-order valence-corrected chi connectivity index (χ1v) is 6.15. The second-order valence-corrected chi connectivity index (χ2v) is 4.32. The molecule has 0 radical (unpaired) electrons. The van der Waals surface area contributed by atoms with Crippen molar-refractivity contribution in [1.29, 1.82) is 0 Å². The molecule has 0 spiro atoms. The van der Waals surface area contributed by atoms with E-state index in [0.29, 0.717) is 19.0 Å². The van der Waals surface area contributed by atoms with E-state index in [0.717, 1.165) is 5.56 Å². The van der Waals surface area contributed by atoms with Crippen LogP contribution in [0, 0.1) is 0 Å². The summed E-state index contributed by atoms with van der Waals surface area (Å²) in [6.07, 6.45) is 1.07. The Morgan fingerprint density at radius 1 is 1.58 bits per heavy atom. The van der Waals surface area contributed by atoms with Gasteiger partial charge in [0.1, 0.15) is 5.82 Å². The van der Waals surface area contributed by atoms with Gasteiger partial charge in [-0.3, -0.25) is 4.79 Å². The predicted molar refractivity (Wildman–Crippen MR) is 73.0 cm³/mol. The summed E-state index contributed by atoms with van der Waals surface area (Å²) < 4.78 is 4.85. The van der Waals surface area contributed by atoms with Crippen LogP contribution in [0.25, 0.3) is 0 Å². The quantitative estimate of drug-likeness (QED) is 0.697. The van der Waals surface area contributed by atoms with Crippen molar-refractivity contribution < 1.29 is 14.6 Å². The first kappa shape index (κ1) is 15.4. The van der Waals surface area contributed by atoms with E-state index < -0.39 is 6.10 Å². The number of carbonyl (C=O) groups is 1. The molecular weight excluding hydrogens is 246 g/mol. The third-order valence-corrected chi connectivity index (χ3v) is 2.65. The second-order valence-electron chi connectivity index (χ2n) is 4.32. The Morgan fingerprint density at radius 3 is 2.84 bits per heavy atom. The van der Waals surface area contributed by atoms with Gasteiger partial charge in [0.2, 0.25) is 5.91 Å². The number of nitrogens with one attached hydrogen (secondary N) is 1. The maximum atomic E-state index is 11.6. The summed E-state index contributed by atoms with van der Waals surface area (Å²) in [5, 5.41) is 12.1. The van der Waals surface area contributed by atoms with Gasteiger partial charge in [-0.15, -0.1) is 0 Å². The molecule has 1 atom stereocenters. The molecule has 1 aromatic rings. The highest BCUT2D eigenvalue weighted by molar-refractivity contribution is 5.80. The van der Waals surface area contributed by atoms with E-state index in [1.165, 1.54) is 0 Å². The Balaban J connectivity index is 2.48. The van der Waals surface area contributed by atoms with E-state index in [9.17, 15) is 9.90 Å². The highest BCUT2D eigenvalue weighted by atomic mass is 16.5. The molecule has 0 aromatic carbocycles. The minimum Gasteiger partial charge on any atom is -0.389 e. The summed E-state index contributed by atoms with van der Waals surface area (Å²) in [5.74, 6) is 0.604. The van der Waals surface area contributed by atoms with Gasteiger partial charge in [-0.25, -0.2) is 4.98 Å². The summed E-state index contributed by atoms with van der Waals surface area (Å²) in [6.45, 7) is 2.91. The lowest BCUT2D eigenvalue weighted by Gasteiger charge is -2.18. The van der Waals surface area contributed by atoms with Crippen molar-refractivity contribution in [3.63, 3.8) is 0 Å². The van der Waals surface area contributed by atoms with Crippen LogP contribution in [0.5, 0.6) is 0 Å². The number of anilines is 1. The Morgan fingerprint density at radius 2 is 2.32 bits per heavy atom. The third kappa shape index (κ3) is 5.23. The van der Waals surface area contributed by atoms with Crippen LogP contribution >= 0.6 is 0 Å². The van der Waals surface area contributed by atoms with E-state index in [1.54, 1.807) is 44.3 Å². The monoisotopic (exact) mass is 267 g/mol. The summed E-state index contributed by atoms with van der Waals surface area (Å²) in [7, 11) is 3.38. The fourth-order valence-electron chi connectivity index (χ4n) is 1.52. The number of amides is 1. The second kappa shape index (κ2) is 7.70. The highest BCUT2D eigenvalue weighted by Crippen LogP contribution is 2.14. The van der Waals surface area contributed by atoms with Crippen molar-refractivity contribution in [2.24, 2.45) is 0 Å². The topological polar surface area (TPSA) is 74.7 Å². The SMILES string of the molecule is COCCNC(=O)CN(C)c1ccc(C(C)O)cn1. The molecular formula is C13H21N3O3. The predicted octanol–water partition coefficient (Wildman–Crippen LogP) is 0.334. The van der Waals surface area contributed by atoms with E-state index in [4.69, 9.17) is 4.74 Å². The smallest absolute Gasteiger partial charge is 0.239 e. The number of carbonyl (C=O) groups excluding carboxylic acids is 1. The van der Waals surface area contributed by atoms with Gasteiger partial charge in [0.15, 0.2) is 0 Å². The minimum absolute atomic E-state index is 0.0825. The molecule has 1 aromatic heterocycles. The van der Waals surface area contributed by atoms with Gasteiger partial charge >= 0.3 is 0 Å². The van der Waals surface area contributed by atoms with E-state index in [-0.39, 0.29) is 12.5 Å². The Labute approximate surface area is 113 Å². The molecule has 0 bridgehead atoms. The van der Waals surface area contributed by atoms with Crippen LogP contribution in [0.2, 0.25) is 0 Å². The highest BCUT2D eigenvalue weighted by Gasteiger charge is 2.09. The van der Waals surface area contributed by atoms with Crippen molar-refractivity contribution in [2.45, 2.75) is 13.0 Å². The largest absolute Gasteiger partial charge is 0.389 e. The van der Waals surface area contributed by atoms with Gasteiger partial charge < -0.3 is 20.1 Å². The number of hydrogen-bond donors (Lipinski definition) is 2. The number of ether oxygens (including phenoxy) is 1. The van der Waals surface area contributed by atoms with Crippen LogP contribution in [-0.2, 0) is 9.53 Å². The molecule has 2 N–H and O–H groups in total. The maximum Gasteiger partial charge on any atom is 0.239 e. The minimum atomic E-state index is -0.538. The molecule has 0 saturated carbocycles. The number of pyridine rings is 1. The fourth-order valence-corrected chi connectivity index (χ4v) is 1.52. The van der Waals surface area contributed by atoms with Crippen molar-refractivity contribution in [3.8, 4) is 0 Å². The zero-order chi connectivity index (χ0) is 14.3. The molecule has 0 aliphatic carbocycles.